The number of ether oxygens (including phenoxy) is 1. The topological polar surface area (TPSA) is 29.5 Å². The van der Waals surface area contributed by atoms with E-state index in [0.29, 0.717) is 19.4 Å². The highest BCUT2D eigenvalue weighted by Crippen LogP contribution is 2.21. The van der Waals surface area contributed by atoms with Crippen LogP contribution in [0.1, 0.15) is 12.8 Å². The van der Waals surface area contributed by atoms with Crippen molar-refractivity contribution in [3.63, 3.8) is 0 Å². The van der Waals surface area contributed by atoms with Gasteiger partial charge in [0, 0.05) is 6.54 Å². The third kappa shape index (κ3) is 2.66. The molecule has 0 aromatic heterocycles. The molecule has 1 fully saturated rings. The Morgan fingerprint density at radius 2 is 2.08 bits per heavy atom. The zero-order valence-electron chi connectivity index (χ0n) is 8.12. The second-order valence-corrected chi connectivity index (χ2v) is 3.53. The maximum Gasteiger partial charge on any atom is 0.311 e. The van der Waals surface area contributed by atoms with Gasteiger partial charge in [0.05, 0.1) is 13.0 Å². The summed E-state index contributed by atoms with van der Waals surface area (Å²) in [4.78, 5) is 13.2. The van der Waals surface area contributed by atoms with Crippen LogP contribution in [0.4, 0.5) is 4.39 Å². The minimum atomic E-state index is -1.04. The van der Waals surface area contributed by atoms with E-state index >= 15 is 0 Å². The summed E-state index contributed by atoms with van der Waals surface area (Å²) in [5, 5.41) is 0. The Morgan fingerprint density at radius 1 is 1.46 bits per heavy atom. The number of esters is 1. The zero-order valence-corrected chi connectivity index (χ0v) is 8.12. The van der Waals surface area contributed by atoms with Crippen molar-refractivity contribution in [3.05, 3.63) is 0 Å². The molecule has 0 aromatic rings. The van der Waals surface area contributed by atoms with Crippen molar-refractivity contribution in [2.24, 2.45) is 5.92 Å². The Kier molecular flexibility index (Phi) is 3.66. The number of likely N-dealkylation sites (tertiary alicyclic amines) is 1. The lowest BCUT2D eigenvalue weighted by molar-refractivity contribution is -0.147. The first-order valence-corrected chi connectivity index (χ1v) is 4.55. The van der Waals surface area contributed by atoms with Crippen molar-refractivity contribution in [2.45, 2.75) is 19.0 Å². The van der Waals surface area contributed by atoms with Crippen molar-refractivity contribution in [1.82, 2.24) is 4.90 Å². The smallest absolute Gasteiger partial charge is 0.311 e. The lowest BCUT2D eigenvalue weighted by atomic mass is 9.99. The van der Waals surface area contributed by atoms with E-state index in [-0.39, 0.29) is 0 Å². The van der Waals surface area contributed by atoms with Gasteiger partial charge in [-0.15, -0.1) is 0 Å². The molecule has 1 aliphatic heterocycles. The summed E-state index contributed by atoms with van der Waals surface area (Å²) < 4.78 is 17.9. The van der Waals surface area contributed by atoms with Crippen LogP contribution in [-0.4, -0.2) is 44.3 Å². The lowest BCUT2D eigenvalue weighted by Crippen LogP contribution is -2.26. The Morgan fingerprint density at radius 3 is 2.69 bits per heavy atom. The normalized spacial score (nSPS) is 31.0. The number of methoxy groups -OCH3 is 1. The monoisotopic (exact) mass is 189 g/mol. The summed E-state index contributed by atoms with van der Waals surface area (Å²) >= 11 is 0. The van der Waals surface area contributed by atoms with Gasteiger partial charge in [0.1, 0.15) is 6.17 Å². The molecule has 4 heteroatoms. The Hall–Kier alpha value is -0.640. The molecule has 0 bridgehead atoms. The predicted octanol–water partition coefficient (Wildman–Crippen LogP) is 0.839. The van der Waals surface area contributed by atoms with Crippen LogP contribution < -0.4 is 0 Å². The SMILES string of the molecule is COC(=O)[C@H]1CCN(C)CC[C@H]1F. The number of rotatable bonds is 1. The van der Waals surface area contributed by atoms with Crippen molar-refractivity contribution in [2.75, 3.05) is 27.2 Å². The van der Waals surface area contributed by atoms with E-state index < -0.39 is 18.1 Å². The number of hydrogen-bond acceptors (Lipinski definition) is 3. The van der Waals surface area contributed by atoms with Gasteiger partial charge in [0.2, 0.25) is 0 Å². The molecule has 76 valence electrons. The summed E-state index contributed by atoms with van der Waals surface area (Å²) in [6.45, 7) is 1.48. The highest BCUT2D eigenvalue weighted by molar-refractivity contribution is 5.73. The maximum atomic E-state index is 13.4. The number of hydrogen-bond donors (Lipinski definition) is 0. The minimum absolute atomic E-state index is 0.414. The number of carbonyl (C=O) groups is 1. The van der Waals surface area contributed by atoms with Gasteiger partial charge in [0.15, 0.2) is 0 Å². The summed E-state index contributed by atoms with van der Waals surface area (Å²) in [5.74, 6) is -0.974. The highest BCUT2D eigenvalue weighted by Gasteiger charge is 2.31. The molecule has 1 saturated heterocycles. The molecule has 2 atom stereocenters. The van der Waals surface area contributed by atoms with Crippen LogP contribution in [0.3, 0.4) is 0 Å². The maximum absolute atomic E-state index is 13.4. The van der Waals surface area contributed by atoms with E-state index in [2.05, 4.69) is 4.74 Å². The molecule has 0 aromatic carbocycles. The van der Waals surface area contributed by atoms with Crippen LogP contribution in [0.15, 0.2) is 0 Å². The van der Waals surface area contributed by atoms with E-state index in [9.17, 15) is 9.18 Å². The fraction of sp³-hybridized carbons (Fsp3) is 0.889. The first kappa shape index (κ1) is 10.4. The molecular formula is C9H16FNO2. The summed E-state index contributed by atoms with van der Waals surface area (Å²) in [6, 6.07) is 0. The van der Waals surface area contributed by atoms with Gasteiger partial charge < -0.3 is 9.64 Å². The summed E-state index contributed by atoms with van der Waals surface area (Å²) in [7, 11) is 3.25. The predicted molar refractivity (Wildman–Crippen MR) is 47.1 cm³/mol. The molecule has 3 nitrogen and oxygen atoms in total. The Bertz CT molecular complexity index is 186. The van der Waals surface area contributed by atoms with Gasteiger partial charge >= 0.3 is 5.97 Å². The van der Waals surface area contributed by atoms with Crippen molar-refractivity contribution < 1.29 is 13.9 Å². The highest BCUT2D eigenvalue weighted by atomic mass is 19.1. The molecule has 13 heavy (non-hydrogen) atoms. The van der Waals surface area contributed by atoms with Crippen molar-refractivity contribution >= 4 is 5.97 Å². The molecule has 0 radical (unpaired) electrons. The summed E-state index contributed by atoms with van der Waals surface area (Å²) in [5.41, 5.74) is 0. The molecule has 0 N–H and O–H groups in total. The number of nitrogens with zero attached hydrogens (tertiary/aromatic N) is 1. The van der Waals surface area contributed by atoms with Gasteiger partial charge in [-0.1, -0.05) is 0 Å². The van der Waals surface area contributed by atoms with Gasteiger partial charge in [-0.25, -0.2) is 4.39 Å². The lowest BCUT2D eigenvalue weighted by Gasteiger charge is -2.14. The first-order chi connectivity index (χ1) is 6.15. The number of carbonyl (C=O) groups excluding carboxylic acids is 1. The Balaban J connectivity index is 2.56. The van der Waals surface area contributed by atoms with Crippen LogP contribution in [0, 0.1) is 5.92 Å². The second-order valence-electron chi connectivity index (χ2n) is 3.53. The zero-order chi connectivity index (χ0) is 9.84. The van der Waals surface area contributed by atoms with Crippen LogP contribution >= 0.6 is 0 Å². The van der Waals surface area contributed by atoms with Gasteiger partial charge in [-0.3, -0.25) is 4.79 Å². The molecule has 0 amide bonds. The molecular weight excluding hydrogens is 173 g/mol. The summed E-state index contributed by atoms with van der Waals surface area (Å²) in [6.07, 6.45) is -0.0574. The van der Waals surface area contributed by atoms with Crippen molar-refractivity contribution in [1.29, 1.82) is 0 Å². The van der Waals surface area contributed by atoms with E-state index in [1.807, 2.05) is 11.9 Å². The second kappa shape index (κ2) is 4.56. The molecule has 0 unspecified atom stereocenters. The van der Waals surface area contributed by atoms with E-state index in [0.717, 1.165) is 6.54 Å². The van der Waals surface area contributed by atoms with Crippen LogP contribution in [0.5, 0.6) is 0 Å². The fourth-order valence-electron chi connectivity index (χ4n) is 1.61. The van der Waals surface area contributed by atoms with Crippen LogP contribution in [0.2, 0.25) is 0 Å². The minimum Gasteiger partial charge on any atom is -0.469 e. The van der Waals surface area contributed by atoms with E-state index in [1.165, 1.54) is 7.11 Å². The van der Waals surface area contributed by atoms with Crippen LogP contribution in [-0.2, 0) is 9.53 Å². The molecule has 0 aliphatic carbocycles. The van der Waals surface area contributed by atoms with Gasteiger partial charge in [-0.05, 0) is 26.4 Å². The van der Waals surface area contributed by atoms with Gasteiger partial charge in [-0.2, -0.15) is 0 Å². The van der Waals surface area contributed by atoms with Gasteiger partial charge in [0.25, 0.3) is 0 Å². The van der Waals surface area contributed by atoms with E-state index in [4.69, 9.17) is 0 Å². The standard InChI is InChI=1S/C9H16FNO2/c1-11-5-3-7(9(12)13-2)8(10)4-6-11/h7-8H,3-6H2,1-2H3/t7-,8+/m0/s1. The number of halogens is 1. The third-order valence-electron chi connectivity index (χ3n) is 2.55. The molecule has 0 saturated carbocycles. The third-order valence-corrected chi connectivity index (χ3v) is 2.55. The van der Waals surface area contributed by atoms with Crippen molar-refractivity contribution in [3.8, 4) is 0 Å². The average Bonchev–Trinajstić information content (AvgIpc) is 2.28. The molecule has 1 heterocycles. The molecule has 1 aliphatic rings. The molecule has 0 spiro atoms. The average molecular weight is 189 g/mol. The largest absolute Gasteiger partial charge is 0.469 e. The fourth-order valence-corrected chi connectivity index (χ4v) is 1.61. The first-order valence-electron chi connectivity index (χ1n) is 4.55. The van der Waals surface area contributed by atoms with Crippen LogP contribution in [0.25, 0.3) is 0 Å². The number of alkyl halides is 1. The quantitative estimate of drug-likeness (QED) is 0.572. The van der Waals surface area contributed by atoms with E-state index in [1.54, 1.807) is 0 Å². The molecule has 1 rings (SSSR count). The Labute approximate surface area is 77.9 Å².